The van der Waals surface area contributed by atoms with Gasteiger partial charge in [-0.15, -0.1) is 0 Å². The molecule has 0 radical (unpaired) electrons. The van der Waals surface area contributed by atoms with E-state index >= 15 is 0 Å². The van der Waals surface area contributed by atoms with Gasteiger partial charge in [0.05, 0.1) is 10.6 Å². The summed E-state index contributed by atoms with van der Waals surface area (Å²) in [6.45, 7) is 0. The average molecular weight is 241 g/mol. The molecule has 7 heteroatoms. The number of rotatable bonds is 2. The Labute approximate surface area is 87.8 Å². The fourth-order valence-electron chi connectivity index (χ4n) is 0.824. The van der Waals surface area contributed by atoms with Gasteiger partial charge in [-0.3, -0.25) is 4.79 Å². The molecule has 0 bridgehead atoms. The molecule has 0 fully saturated rings. The van der Waals surface area contributed by atoms with E-state index in [9.17, 15) is 13.6 Å². The summed E-state index contributed by atoms with van der Waals surface area (Å²) < 4.78 is 24.4. The van der Waals surface area contributed by atoms with Crippen LogP contribution in [0.2, 0.25) is 5.02 Å². The van der Waals surface area contributed by atoms with E-state index in [1.54, 1.807) is 0 Å². The number of anilines is 1. The maximum Gasteiger partial charge on any atom is 0.280 e. The summed E-state index contributed by atoms with van der Waals surface area (Å²) in [5, 5.41) is -1.17. The van der Waals surface area contributed by atoms with Crippen LogP contribution in [0, 0.1) is 0 Å². The van der Waals surface area contributed by atoms with E-state index in [0.717, 1.165) is 6.07 Å². The Morgan fingerprint density at radius 3 is 2.57 bits per heavy atom. The molecule has 0 amide bonds. The monoisotopic (exact) mass is 240 g/mol. The molecule has 0 aromatic carbocycles. The van der Waals surface area contributed by atoms with E-state index in [4.69, 9.17) is 28.9 Å². The Hall–Kier alpha value is -0.940. The number of nitrogens with zero attached hydrogens (tertiary/aromatic N) is 1. The van der Waals surface area contributed by atoms with Crippen molar-refractivity contribution >= 4 is 34.3 Å². The van der Waals surface area contributed by atoms with Crippen LogP contribution in [0.5, 0.6) is 0 Å². The summed E-state index contributed by atoms with van der Waals surface area (Å²) in [4.78, 5) is 14.0. The molecule has 1 aromatic heterocycles. The third kappa shape index (κ3) is 2.10. The summed E-state index contributed by atoms with van der Waals surface area (Å²) >= 11 is 10.6. The van der Waals surface area contributed by atoms with Gasteiger partial charge < -0.3 is 5.73 Å². The standard InChI is InChI=1S/C7H4Cl2F2N2O/c8-4-2(5(9)14)1-3(6(10)11)13-7(4)12/h1,6H,(H2,12,13). The predicted octanol–water partition coefficient (Wildman–Crippen LogP) is 2.63. The average Bonchev–Trinajstić information content (AvgIpc) is 2.08. The summed E-state index contributed by atoms with van der Waals surface area (Å²) in [5.74, 6) is -0.339. The summed E-state index contributed by atoms with van der Waals surface area (Å²) in [5.41, 5.74) is 4.31. The first-order valence-corrected chi connectivity index (χ1v) is 4.13. The first kappa shape index (κ1) is 11.1. The number of carbonyl (C=O) groups is 1. The molecule has 2 N–H and O–H groups in total. The van der Waals surface area contributed by atoms with Gasteiger partial charge in [0.25, 0.3) is 11.7 Å². The van der Waals surface area contributed by atoms with Gasteiger partial charge in [-0.1, -0.05) is 11.6 Å². The van der Waals surface area contributed by atoms with Gasteiger partial charge in [0, 0.05) is 0 Å². The lowest BCUT2D eigenvalue weighted by Crippen LogP contribution is -2.03. The largest absolute Gasteiger partial charge is 0.382 e. The molecular weight excluding hydrogens is 237 g/mol. The number of aromatic nitrogens is 1. The highest BCUT2D eigenvalue weighted by molar-refractivity contribution is 6.68. The van der Waals surface area contributed by atoms with Crippen LogP contribution in [0.4, 0.5) is 14.6 Å². The normalized spacial score (nSPS) is 10.6. The van der Waals surface area contributed by atoms with E-state index in [2.05, 4.69) is 4.98 Å². The maximum absolute atomic E-state index is 12.2. The molecule has 1 rings (SSSR count). The Morgan fingerprint density at radius 2 is 2.14 bits per heavy atom. The highest BCUT2D eigenvalue weighted by atomic mass is 35.5. The van der Waals surface area contributed by atoms with Crippen LogP contribution in [0.25, 0.3) is 0 Å². The lowest BCUT2D eigenvalue weighted by atomic mass is 10.2. The van der Waals surface area contributed by atoms with Crippen LogP contribution in [0.15, 0.2) is 6.07 Å². The van der Waals surface area contributed by atoms with Crippen LogP contribution >= 0.6 is 23.2 Å². The number of halogens is 4. The molecule has 1 aromatic rings. The molecule has 0 aliphatic rings. The van der Waals surface area contributed by atoms with Crippen molar-refractivity contribution in [2.24, 2.45) is 0 Å². The fourth-order valence-corrected chi connectivity index (χ4v) is 1.20. The van der Waals surface area contributed by atoms with Gasteiger partial charge in [-0.05, 0) is 17.7 Å². The van der Waals surface area contributed by atoms with Crippen molar-refractivity contribution in [1.82, 2.24) is 4.98 Å². The van der Waals surface area contributed by atoms with E-state index in [1.807, 2.05) is 0 Å². The number of carbonyl (C=O) groups excluding carboxylic acids is 1. The molecule has 0 saturated carbocycles. The fraction of sp³-hybridized carbons (Fsp3) is 0.143. The Bertz CT molecular complexity index is 384. The SMILES string of the molecule is Nc1nc(C(F)F)cc(C(=O)Cl)c1Cl. The third-order valence-electron chi connectivity index (χ3n) is 1.44. The molecule has 0 aliphatic heterocycles. The number of nitrogens with two attached hydrogens (primary N) is 1. The smallest absolute Gasteiger partial charge is 0.280 e. The molecule has 0 unspecified atom stereocenters. The summed E-state index contributed by atoms with van der Waals surface area (Å²) in [7, 11) is 0. The van der Waals surface area contributed by atoms with E-state index < -0.39 is 17.4 Å². The van der Waals surface area contributed by atoms with Crippen molar-refractivity contribution in [3.63, 3.8) is 0 Å². The first-order valence-electron chi connectivity index (χ1n) is 3.37. The van der Waals surface area contributed by atoms with Crippen molar-refractivity contribution in [3.8, 4) is 0 Å². The van der Waals surface area contributed by atoms with Gasteiger partial charge in [-0.2, -0.15) is 0 Å². The minimum atomic E-state index is -2.83. The van der Waals surface area contributed by atoms with E-state index in [0.29, 0.717) is 0 Å². The molecular formula is C7H4Cl2F2N2O. The van der Waals surface area contributed by atoms with E-state index in [-0.39, 0.29) is 16.4 Å². The number of hydrogen-bond acceptors (Lipinski definition) is 3. The highest BCUT2D eigenvalue weighted by Crippen LogP contribution is 2.27. The number of pyridine rings is 1. The molecule has 0 saturated heterocycles. The third-order valence-corrected chi connectivity index (χ3v) is 2.04. The number of alkyl halides is 2. The molecule has 0 spiro atoms. The molecule has 14 heavy (non-hydrogen) atoms. The second-order valence-corrected chi connectivity index (χ2v) is 3.09. The van der Waals surface area contributed by atoms with Gasteiger partial charge in [-0.25, -0.2) is 13.8 Å². The second-order valence-electron chi connectivity index (χ2n) is 2.37. The molecule has 1 heterocycles. The molecule has 76 valence electrons. The highest BCUT2D eigenvalue weighted by Gasteiger charge is 2.18. The Morgan fingerprint density at radius 1 is 1.57 bits per heavy atom. The van der Waals surface area contributed by atoms with Crippen LogP contribution < -0.4 is 5.73 Å². The van der Waals surface area contributed by atoms with Gasteiger partial charge in [0.15, 0.2) is 0 Å². The molecule has 3 nitrogen and oxygen atoms in total. The van der Waals surface area contributed by atoms with Gasteiger partial charge in [0.2, 0.25) is 0 Å². The van der Waals surface area contributed by atoms with Crippen molar-refractivity contribution < 1.29 is 13.6 Å². The number of hydrogen-bond donors (Lipinski definition) is 1. The zero-order valence-electron chi connectivity index (χ0n) is 6.60. The van der Waals surface area contributed by atoms with Crippen molar-refractivity contribution in [1.29, 1.82) is 0 Å². The lowest BCUT2D eigenvalue weighted by molar-refractivity contribution is 0.108. The van der Waals surface area contributed by atoms with E-state index in [1.165, 1.54) is 0 Å². The zero-order valence-corrected chi connectivity index (χ0v) is 8.11. The number of nitrogen functional groups attached to an aromatic ring is 1. The minimum Gasteiger partial charge on any atom is -0.382 e. The summed E-state index contributed by atoms with van der Waals surface area (Å²) in [6, 6.07) is 0.818. The van der Waals surface area contributed by atoms with Crippen molar-refractivity contribution in [3.05, 3.63) is 22.3 Å². The second kappa shape index (κ2) is 4.06. The maximum atomic E-state index is 12.2. The summed E-state index contributed by atoms with van der Waals surface area (Å²) in [6.07, 6.45) is -2.83. The van der Waals surface area contributed by atoms with Crippen LogP contribution in [-0.2, 0) is 0 Å². The molecule has 0 atom stereocenters. The quantitative estimate of drug-likeness (QED) is 0.809. The molecule has 0 aliphatic carbocycles. The minimum absolute atomic E-state index is 0.214. The first-order chi connectivity index (χ1) is 6.43. The van der Waals surface area contributed by atoms with Crippen LogP contribution in [0.1, 0.15) is 22.5 Å². The van der Waals surface area contributed by atoms with Crippen LogP contribution in [0.3, 0.4) is 0 Å². The topological polar surface area (TPSA) is 56.0 Å². The predicted molar refractivity (Wildman–Crippen MR) is 48.8 cm³/mol. The van der Waals surface area contributed by atoms with Gasteiger partial charge >= 0.3 is 0 Å². The zero-order chi connectivity index (χ0) is 10.9. The Balaban J connectivity index is 3.35. The van der Waals surface area contributed by atoms with Crippen molar-refractivity contribution in [2.45, 2.75) is 6.43 Å². The lowest BCUT2D eigenvalue weighted by Gasteiger charge is -2.05. The van der Waals surface area contributed by atoms with Gasteiger partial charge in [0.1, 0.15) is 11.5 Å². The van der Waals surface area contributed by atoms with Crippen LogP contribution in [-0.4, -0.2) is 10.2 Å². The Kier molecular flexibility index (Phi) is 3.23. The van der Waals surface area contributed by atoms with Crippen molar-refractivity contribution in [2.75, 3.05) is 5.73 Å².